The van der Waals surface area contributed by atoms with Crippen LogP contribution in [0.2, 0.25) is 0 Å². The molecule has 31 heavy (non-hydrogen) atoms. The minimum absolute atomic E-state index is 0.0859. The van der Waals surface area contributed by atoms with Gasteiger partial charge >= 0.3 is 0 Å². The van der Waals surface area contributed by atoms with Crippen LogP contribution >= 0.6 is 0 Å². The maximum Gasteiger partial charge on any atom is 0.261 e. The number of aromatic nitrogens is 3. The summed E-state index contributed by atoms with van der Waals surface area (Å²) in [6, 6.07) is 13.5. The Morgan fingerprint density at radius 3 is 2.55 bits per heavy atom. The van der Waals surface area contributed by atoms with E-state index in [9.17, 15) is 15.0 Å². The lowest BCUT2D eigenvalue weighted by Gasteiger charge is -2.29. The number of hydrogen-bond acceptors (Lipinski definition) is 5. The van der Waals surface area contributed by atoms with Crippen LogP contribution in [0.3, 0.4) is 0 Å². The summed E-state index contributed by atoms with van der Waals surface area (Å²) >= 11 is 0. The van der Waals surface area contributed by atoms with E-state index in [0.717, 1.165) is 47.6 Å². The van der Waals surface area contributed by atoms with Gasteiger partial charge in [-0.3, -0.25) is 14.3 Å². The van der Waals surface area contributed by atoms with E-state index in [1.807, 2.05) is 36.4 Å². The summed E-state index contributed by atoms with van der Waals surface area (Å²) < 4.78 is 1.63. The first kappa shape index (κ1) is 19.8. The number of benzene rings is 2. The molecule has 2 N–H and O–H groups in total. The van der Waals surface area contributed by atoms with E-state index in [4.69, 9.17) is 0 Å². The third-order valence-electron chi connectivity index (χ3n) is 6.37. The van der Waals surface area contributed by atoms with Gasteiger partial charge in [-0.1, -0.05) is 43.2 Å². The molecular weight excluding hydrogens is 390 g/mol. The molecule has 0 bridgehead atoms. The Labute approximate surface area is 179 Å². The Bertz CT molecular complexity index is 1300. The van der Waals surface area contributed by atoms with Crippen molar-refractivity contribution in [1.82, 2.24) is 14.5 Å². The van der Waals surface area contributed by atoms with Gasteiger partial charge in [0, 0.05) is 11.6 Å². The van der Waals surface area contributed by atoms with Crippen LogP contribution in [0.1, 0.15) is 48.5 Å². The fraction of sp³-hybridized carbons (Fsp3) is 0.320. The van der Waals surface area contributed by atoms with E-state index in [-0.39, 0.29) is 18.2 Å². The van der Waals surface area contributed by atoms with E-state index in [2.05, 4.69) is 16.0 Å². The number of aliphatic hydroxyl groups is 2. The predicted molar refractivity (Wildman–Crippen MR) is 120 cm³/mol. The first-order valence-corrected chi connectivity index (χ1v) is 10.8. The lowest BCUT2D eigenvalue weighted by molar-refractivity contribution is 0.0735. The lowest BCUT2D eigenvalue weighted by Crippen LogP contribution is -2.34. The van der Waals surface area contributed by atoms with Gasteiger partial charge in [0.2, 0.25) is 0 Å². The van der Waals surface area contributed by atoms with Crippen molar-refractivity contribution in [2.45, 2.75) is 50.9 Å². The molecule has 6 nitrogen and oxygen atoms in total. The second kappa shape index (κ2) is 8.21. The van der Waals surface area contributed by atoms with Gasteiger partial charge in [0.05, 0.1) is 41.7 Å². The van der Waals surface area contributed by atoms with Crippen LogP contribution in [-0.4, -0.2) is 30.9 Å². The highest BCUT2D eigenvalue weighted by atomic mass is 16.3. The molecule has 1 aliphatic rings. The number of hydrogen-bond donors (Lipinski definition) is 2. The monoisotopic (exact) mass is 415 g/mol. The number of nitrogens with zero attached hydrogens (tertiary/aromatic N) is 3. The van der Waals surface area contributed by atoms with Crippen LogP contribution in [-0.2, 0) is 13.0 Å². The molecule has 0 aliphatic heterocycles. The summed E-state index contributed by atoms with van der Waals surface area (Å²) in [6.07, 6.45) is 6.99. The quantitative estimate of drug-likeness (QED) is 0.498. The zero-order chi connectivity index (χ0) is 21.4. The molecule has 2 atom stereocenters. The van der Waals surface area contributed by atoms with E-state index >= 15 is 0 Å². The number of rotatable bonds is 4. The second-order valence-corrected chi connectivity index (χ2v) is 8.35. The fourth-order valence-corrected chi connectivity index (χ4v) is 4.72. The molecule has 2 aromatic carbocycles. The van der Waals surface area contributed by atoms with Gasteiger partial charge in [0.25, 0.3) is 5.56 Å². The van der Waals surface area contributed by atoms with Gasteiger partial charge in [-0.05, 0) is 47.9 Å². The van der Waals surface area contributed by atoms with Crippen LogP contribution in [0.4, 0.5) is 0 Å². The third kappa shape index (κ3) is 3.62. The van der Waals surface area contributed by atoms with Crippen molar-refractivity contribution in [3.05, 3.63) is 82.2 Å². The van der Waals surface area contributed by atoms with Crippen molar-refractivity contribution in [2.24, 2.45) is 0 Å². The molecular formula is C25H25N3O3. The molecule has 0 radical (unpaired) electrons. The molecule has 0 amide bonds. The Morgan fingerprint density at radius 2 is 1.81 bits per heavy atom. The molecule has 158 valence electrons. The fourth-order valence-electron chi connectivity index (χ4n) is 4.72. The first-order chi connectivity index (χ1) is 15.2. The zero-order valence-electron chi connectivity index (χ0n) is 17.2. The van der Waals surface area contributed by atoms with E-state index in [0.29, 0.717) is 23.0 Å². The van der Waals surface area contributed by atoms with E-state index in [1.165, 1.54) is 0 Å². The van der Waals surface area contributed by atoms with Gasteiger partial charge in [-0.2, -0.15) is 0 Å². The Morgan fingerprint density at radius 1 is 1.00 bits per heavy atom. The summed E-state index contributed by atoms with van der Waals surface area (Å²) in [4.78, 5) is 22.4. The Balaban J connectivity index is 1.67. The maximum atomic E-state index is 13.5. The maximum absolute atomic E-state index is 13.5. The average Bonchev–Trinajstić information content (AvgIpc) is 2.81. The van der Waals surface area contributed by atoms with Crippen molar-refractivity contribution in [3.63, 3.8) is 0 Å². The SMILES string of the molecule is O=c1c2cc(Cc3ccc(CO)nc3)c3ccccc3c2ncn1[C@H]1CCCC[C@@H]1O. The van der Waals surface area contributed by atoms with Crippen molar-refractivity contribution in [2.75, 3.05) is 0 Å². The summed E-state index contributed by atoms with van der Waals surface area (Å²) in [5, 5.41) is 22.3. The first-order valence-electron chi connectivity index (χ1n) is 10.8. The number of pyridine rings is 1. The van der Waals surface area contributed by atoms with Gasteiger partial charge in [-0.15, -0.1) is 0 Å². The third-order valence-corrected chi connectivity index (χ3v) is 6.37. The van der Waals surface area contributed by atoms with Crippen molar-refractivity contribution in [3.8, 4) is 0 Å². The Hall–Kier alpha value is -3.09. The normalized spacial score (nSPS) is 19.2. The van der Waals surface area contributed by atoms with Gasteiger partial charge < -0.3 is 10.2 Å². The molecule has 4 aromatic rings. The molecule has 1 saturated carbocycles. The van der Waals surface area contributed by atoms with Crippen LogP contribution in [0.25, 0.3) is 21.7 Å². The zero-order valence-corrected chi connectivity index (χ0v) is 17.2. The summed E-state index contributed by atoms with van der Waals surface area (Å²) in [5.41, 5.74) is 3.26. The molecule has 0 unspecified atom stereocenters. The van der Waals surface area contributed by atoms with Gasteiger partial charge in [-0.25, -0.2) is 4.98 Å². The minimum Gasteiger partial charge on any atom is -0.391 e. The largest absolute Gasteiger partial charge is 0.391 e. The summed E-state index contributed by atoms with van der Waals surface area (Å²) in [5.74, 6) is 0. The highest BCUT2D eigenvalue weighted by Gasteiger charge is 2.26. The highest BCUT2D eigenvalue weighted by Crippen LogP contribution is 2.30. The molecule has 0 spiro atoms. The van der Waals surface area contributed by atoms with E-state index in [1.54, 1.807) is 17.1 Å². The minimum atomic E-state index is -0.512. The number of aliphatic hydroxyl groups excluding tert-OH is 2. The van der Waals surface area contributed by atoms with E-state index < -0.39 is 6.10 Å². The molecule has 1 fully saturated rings. The Kier molecular flexibility index (Phi) is 5.26. The molecule has 0 saturated heterocycles. The van der Waals surface area contributed by atoms with Crippen molar-refractivity contribution in [1.29, 1.82) is 0 Å². The molecule has 1 aliphatic carbocycles. The van der Waals surface area contributed by atoms with Crippen LogP contribution in [0.15, 0.2) is 59.8 Å². The molecule has 2 heterocycles. The standard InChI is InChI=1S/C25H25N3O3/c29-14-18-10-9-16(13-26-18)11-17-12-21-24(20-6-2-1-5-19(17)20)27-15-28(25(21)31)22-7-3-4-8-23(22)30/h1-2,5-6,9-10,12-13,15,22-23,29-30H,3-4,7-8,11,14H2/t22-,23-/m0/s1. The van der Waals surface area contributed by atoms with Crippen molar-refractivity contribution >= 4 is 21.7 Å². The van der Waals surface area contributed by atoms with Crippen molar-refractivity contribution < 1.29 is 10.2 Å². The van der Waals surface area contributed by atoms with Crippen LogP contribution in [0.5, 0.6) is 0 Å². The number of fused-ring (bicyclic) bond motifs is 3. The highest BCUT2D eigenvalue weighted by molar-refractivity contribution is 6.06. The predicted octanol–water partition coefficient (Wildman–Crippen LogP) is 3.50. The molecule has 2 aromatic heterocycles. The smallest absolute Gasteiger partial charge is 0.261 e. The lowest BCUT2D eigenvalue weighted by atomic mass is 9.92. The molecule has 6 heteroatoms. The van der Waals surface area contributed by atoms with Gasteiger partial charge in [0.15, 0.2) is 0 Å². The van der Waals surface area contributed by atoms with Crippen LogP contribution in [0, 0.1) is 0 Å². The average molecular weight is 415 g/mol. The van der Waals surface area contributed by atoms with Gasteiger partial charge in [0.1, 0.15) is 0 Å². The second-order valence-electron chi connectivity index (χ2n) is 8.35. The van der Waals surface area contributed by atoms with Crippen LogP contribution < -0.4 is 5.56 Å². The molecule has 5 rings (SSSR count). The summed E-state index contributed by atoms with van der Waals surface area (Å²) in [6.45, 7) is -0.0859. The summed E-state index contributed by atoms with van der Waals surface area (Å²) in [7, 11) is 0. The topological polar surface area (TPSA) is 88.2 Å².